The van der Waals surface area contributed by atoms with Crippen LogP contribution in [0.5, 0.6) is 0 Å². The second-order valence-corrected chi connectivity index (χ2v) is 5.31. The number of hydrogen-bond acceptors (Lipinski definition) is 3. The zero-order chi connectivity index (χ0) is 16.0. The molecule has 1 fully saturated rings. The Morgan fingerprint density at radius 3 is 2.45 bits per heavy atom. The minimum atomic E-state index is -4.72. The molecule has 2 rings (SSSR count). The van der Waals surface area contributed by atoms with E-state index in [1.165, 1.54) is 0 Å². The molecule has 0 radical (unpaired) electrons. The van der Waals surface area contributed by atoms with Crippen LogP contribution in [-0.2, 0) is 11.3 Å². The minimum Gasteiger partial charge on any atom is -0.444 e. The van der Waals surface area contributed by atoms with Crippen LogP contribution in [0.25, 0.3) is 0 Å². The highest BCUT2D eigenvalue weighted by molar-refractivity contribution is 5.68. The Hall–Kier alpha value is -1.76. The van der Waals surface area contributed by atoms with Crippen LogP contribution < -0.4 is 5.32 Å². The summed E-state index contributed by atoms with van der Waals surface area (Å²) in [6.45, 7) is 0.835. The van der Waals surface area contributed by atoms with Crippen molar-refractivity contribution in [3.05, 3.63) is 35.9 Å². The molecule has 1 heterocycles. The monoisotopic (exact) mass is 316 g/mol. The van der Waals surface area contributed by atoms with Gasteiger partial charge in [0.2, 0.25) is 0 Å². The van der Waals surface area contributed by atoms with Gasteiger partial charge in [0.1, 0.15) is 6.61 Å². The van der Waals surface area contributed by atoms with Crippen LogP contribution in [0, 0.1) is 5.92 Å². The van der Waals surface area contributed by atoms with Crippen molar-refractivity contribution in [2.75, 3.05) is 19.6 Å². The van der Waals surface area contributed by atoms with E-state index in [2.05, 4.69) is 5.32 Å². The van der Waals surface area contributed by atoms with Gasteiger partial charge in [0.25, 0.3) is 0 Å². The molecule has 0 unspecified atom stereocenters. The van der Waals surface area contributed by atoms with Crippen LogP contribution in [-0.4, -0.2) is 36.9 Å². The van der Waals surface area contributed by atoms with E-state index in [4.69, 9.17) is 4.74 Å². The number of piperidine rings is 1. The number of carbonyl (C=O) groups excluding carboxylic acids is 1. The summed E-state index contributed by atoms with van der Waals surface area (Å²) in [5.74, 6) is -0.160. The number of alkyl halides is 3. The van der Waals surface area contributed by atoms with Crippen molar-refractivity contribution in [1.29, 1.82) is 0 Å². The van der Waals surface area contributed by atoms with Crippen molar-refractivity contribution in [2.24, 2.45) is 5.92 Å². The fourth-order valence-corrected chi connectivity index (χ4v) is 2.40. The molecular formula is C15H19F3N2O2. The van der Waals surface area contributed by atoms with Gasteiger partial charge in [-0.3, -0.25) is 0 Å². The van der Waals surface area contributed by atoms with E-state index >= 15 is 0 Å². The van der Waals surface area contributed by atoms with Gasteiger partial charge in [-0.15, -0.1) is 13.2 Å². The lowest BCUT2D eigenvalue weighted by molar-refractivity contribution is -0.233. The SMILES string of the molecule is O=C(OCc1ccccc1)N(CC1CCNCC1)C(F)(F)F. The molecule has 1 N–H and O–H groups in total. The summed E-state index contributed by atoms with van der Waals surface area (Å²) in [4.78, 5) is 11.7. The average molecular weight is 316 g/mol. The Morgan fingerprint density at radius 1 is 1.23 bits per heavy atom. The third-order valence-corrected chi connectivity index (χ3v) is 3.63. The maximum absolute atomic E-state index is 13.1. The first-order valence-electron chi connectivity index (χ1n) is 7.22. The second-order valence-electron chi connectivity index (χ2n) is 5.31. The standard InChI is InChI=1S/C15H19F3N2O2/c16-15(17,18)20(10-12-6-8-19-9-7-12)14(21)22-11-13-4-2-1-3-5-13/h1-5,12,19H,6-11H2. The predicted octanol–water partition coefficient (Wildman–Crippen LogP) is 3.14. The molecule has 1 aliphatic rings. The maximum Gasteiger partial charge on any atom is 0.489 e. The lowest BCUT2D eigenvalue weighted by Crippen LogP contribution is -2.47. The van der Waals surface area contributed by atoms with Crippen molar-refractivity contribution in [2.45, 2.75) is 25.7 Å². The molecule has 0 bridgehead atoms. The Bertz CT molecular complexity index is 473. The molecule has 1 amide bonds. The lowest BCUT2D eigenvalue weighted by atomic mass is 9.98. The topological polar surface area (TPSA) is 41.6 Å². The van der Waals surface area contributed by atoms with Gasteiger partial charge in [-0.2, -0.15) is 0 Å². The van der Waals surface area contributed by atoms with Crippen LogP contribution in [0.15, 0.2) is 30.3 Å². The average Bonchev–Trinajstić information content (AvgIpc) is 2.51. The van der Waals surface area contributed by atoms with E-state index in [-0.39, 0.29) is 24.0 Å². The normalized spacial score (nSPS) is 16.3. The zero-order valence-electron chi connectivity index (χ0n) is 12.1. The molecule has 22 heavy (non-hydrogen) atoms. The van der Waals surface area contributed by atoms with E-state index in [1.807, 2.05) is 0 Å². The quantitative estimate of drug-likeness (QED) is 0.868. The van der Waals surface area contributed by atoms with Crippen molar-refractivity contribution in [1.82, 2.24) is 10.2 Å². The van der Waals surface area contributed by atoms with Crippen molar-refractivity contribution >= 4 is 6.09 Å². The zero-order valence-corrected chi connectivity index (χ0v) is 12.1. The molecule has 0 aromatic heterocycles. The molecule has 0 saturated carbocycles. The first-order valence-corrected chi connectivity index (χ1v) is 7.22. The van der Waals surface area contributed by atoms with Crippen molar-refractivity contribution < 1.29 is 22.7 Å². The number of benzene rings is 1. The number of carbonyl (C=O) groups is 1. The van der Waals surface area contributed by atoms with Gasteiger partial charge in [0, 0.05) is 6.54 Å². The number of nitrogens with zero attached hydrogens (tertiary/aromatic N) is 1. The summed E-state index contributed by atoms with van der Waals surface area (Å²) in [5.41, 5.74) is 0.653. The highest BCUT2D eigenvalue weighted by Gasteiger charge is 2.43. The Balaban J connectivity index is 1.94. The number of rotatable bonds is 4. The van der Waals surface area contributed by atoms with E-state index in [1.54, 1.807) is 30.3 Å². The fraction of sp³-hybridized carbons (Fsp3) is 0.533. The molecule has 1 aromatic carbocycles. The summed E-state index contributed by atoms with van der Waals surface area (Å²) in [7, 11) is 0. The van der Waals surface area contributed by atoms with Crippen LogP contribution >= 0.6 is 0 Å². The number of halogens is 3. The van der Waals surface area contributed by atoms with Gasteiger partial charge < -0.3 is 10.1 Å². The fourth-order valence-electron chi connectivity index (χ4n) is 2.40. The van der Waals surface area contributed by atoms with Crippen LogP contribution in [0.2, 0.25) is 0 Å². The number of hydrogen-bond donors (Lipinski definition) is 1. The third kappa shape index (κ3) is 4.91. The summed E-state index contributed by atoms with van der Waals surface area (Å²) in [6.07, 6.45) is -4.81. The van der Waals surface area contributed by atoms with Gasteiger partial charge in [0.15, 0.2) is 0 Å². The van der Waals surface area contributed by atoms with Crippen LogP contribution in [0.1, 0.15) is 18.4 Å². The highest BCUT2D eigenvalue weighted by Crippen LogP contribution is 2.26. The Kier molecular flexibility index (Phi) is 5.65. The highest BCUT2D eigenvalue weighted by atomic mass is 19.4. The Labute approximate surface area is 127 Å². The number of amides is 1. The largest absolute Gasteiger partial charge is 0.489 e. The molecule has 1 aromatic rings. The van der Waals surface area contributed by atoms with E-state index < -0.39 is 12.4 Å². The number of ether oxygens (including phenoxy) is 1. The molecule has 1 saturated heterocycles. The van der Waals surface area contributed by atoms with Gasteiger partial charge in [0.05, 0.1) is 0 Å². The van der Waals surface area contributed by atoms with E-state index in [9.17, 15) is 18.0 Å². The summed E-state index contributed by atoms with van der Waals surface area (Å²) < 4.78 is 44.0. The molecule has 0 spiro atoms. The van der Waals surface area contributed by atoms with Gasteiger partial charge in [-0.05, 0) is 37.4 Å². The van der Waals surface area contributed by atoms with Gasteiger partial charge in [-0.25, -0.2) is 9.69 Å². The van der Waals surface area contributed by atoms with Crippen molar-refractivity contribution in [3.63, 3.8) is 0 Å². The first kappa shape index (κ1) is 16.6. The molecule has 1 aliphatic heterocycles. The van der Waals surface area contributed by atoms with Crippen molar-refractivity contribution in [3.8, 4) is 0 Å². The summed E-state index contributed by atoms with van der Waals surface area (Å²) in [6, 6.07) is 8.64. The summed E-state index contributed by atoms with van der Waals surface area (Å²) >= 11 is 0. The molecule has 7 heteroatoms. The smallest absolute Gasteiger partial charge is 0.444 e. The van der Waals surface area contributed by atoms with E-state index in [0.717, 1.165) is 0 Å². The lowest BCUT2D eigenvalue weighted by Gasteiger charge is -2.30. The molecule has 4 nitrogen and oxygen atoms in total. The van der Waals surface area contributed by atoms with Gasteiger partial charge in [-0.1, -0.05) is 30.3 Å². The Morgan fingerprint density at radius 2 is 1.86 bits per heavy atom. The van der Waals surface area contributed by atoms with Crippen LogP contribution in [0.4, 0.5) is 18.0 Å². The van der Waals surface area contributed by atoms with Crippen LogP contribution in [0.3, 0.4) is 0 Å². The summed E-state index contributed by atoms with van der Waals surface area (Å²) in [5, 5.41) is 3.09. The minimum absolute atomic E-state index is 0.119. The molecule has 0 aliphatic carbocycles. The van der Waals surface area contributed by atoms with Gasteiger partial charge >= 0.3 is 12.4 Å². The molecule has 0 atom stereocenters. The molecule has 122 valence electrons. The molecular weight excluding hydrogens is 297 g/mol. The number of nitrogens with one attached hydrogen (secondary N) is 1. The predicted molar refractivity (Wildman–Crippen MR) is 75.0 cm³/mol. The first-order chi connectivity index (χ1) is 10.5. The third-order valence-electron chi connectivity index (χ3n) is 3.63. The second kappa shape index (κ2) is 7.49. The van der Waals surface area contributed by atoms with E-state index in [0.29, 0.717) is 31.5 Å². The maximum atomic E-state index is 13.1.